The lowest BCUT2D eigenvalue weighted by molar-refractivity contribution is 1.02. The van der Waals surface area contributed by atoms with Crippen LogP contribution in [0.3, 0.4) is 0 Å². The molecule has 2 heteroatoms. The maximum absolute atomic E-state index is 2.42. The van der Waals surface area contributed by atoms with Crippen molar-refractivity contribution in [3.8, 4) is 39.1 Å². The topological polar surface area (TPSA) is 8.17 Å². The smallest absolute Gasteiger partial charge is 0.0547 e. The first-order valence-electron chi connectivity index (χ1n) is 19.7. The third-order valence-corrected chi connectivity index (χ3v) is 11.7. The fourth-order valence-corrected chi connectivity index (χ4v) is 9.03. The van der Waals surface area contributed by atoms with Gasteiger partial charge in [0, 0.05) is 39.4 Å². The molecule has 1 aromatic heterocycles. The van der Waals surface area contributed by atoms with Crippen molar-refractivity contribution in [1.82, 2.24) is 4.57 Å². The van der Waals surface area contributed by atoms with E-state index >= 15 is 0 Å². The monoisotopic (exact) mass is 726 g/mol. The molecule has 0 saturated carbocycles. The standard InChI is InChI=1S/C55H38N2/c1-5-15-39(16-6-1)55-49-24-14-13-23-47(49)51-35-41(28-33-50(51)55)42-27-32-48-52-36-40(29-34-53(52)57(54(48)37-42)45-21-11-4-12-22-45)38-25-30-46(31-26-38)56(43-17-7-2-8-18-43)44-19-9-3-10-20-44/h1-37,55H. The van der Waals surface area contributed by atoms with E-state index in [-0.39, 0.29) is 5.92 Å². The van der Waals surface area contributed by atoms with Gasteiger partial charge in [-0.05, 0) is 123 Å². The normalized spacial score (nSPS) is 13.1. The molecule has 0 N–H and O–H groups in total. The number of nitrogens with zero attached hydrogens (tertiary/aromatic N) is 2. The Morgan fingerprint density at radius 1 is 0.333 bits per heavy atom. The second-order valence-corrected chi connectivity index (χ2v) is 14.9. The van der Waals surface area contributed by atoms with Crippen LogP contribution in [0, 0.1) is 0 Å². The van der Waals surface area contributed by atoms with E-state index in [1.165, 1.54) is 71.9 Å². The van der Waals surface area contributed by atoms with Crippen LogP contribution in [-0.2, 0) is 0 Å². The second-order valence-electron chi connectivity index (χ2n) is 14.9. The van der Waals surface area contributed by atoms with Crippen molar-refractivity contribution >= 4 is 38.9 Å². The lowest BCUT2D eigenvalue weighted by Crippen LogP contribution is -2.09. The number of benzene rings is 9. The average molecular weight is 727 g/mol. The van der Waals surface area contributed by atoms with Crippen molar-refractivity contribution in [2.75, 3.05) is 4.90 Å². The molecule has 9 aromatic carbocycles. The minimum atomic E-state index is 0.242. The lowest BCUT2D eigenvalue weighted by Gasteiger charge is -2.25. The molecule has 1 aliphatic carbocycles. The SMILES string of the molecule is c1ccc(C2c3ccccc3-c3cc(-c4ccc5c6cc(-c7ccc(N(c8ccccc8)c8ccccc8)cc7)ccc6n(-c6ccccc6)c5c4)ccc32)cc1. The summed E-state index contributed by atoms with van der Waals surface area (Å²) in [7, 11) is 0. The minimum Gasteiger partial charge on any atom is -0.311 e. The fourth-order valence-electron chi connectivity index (χ4n) is 9.03. The molecule has 10 aromatic rings. The molecule has 1 unspecified atom stereocenters. The Balaban J connectivity index is 1.01. The number of hydrogen-bond donors (Lipinski definition) is 0. The highest BCUT2D eigenvalue weighted by Gasteiger charge is 2.30. The summed E-state index contributed by atoms with van der Waals surface area (Å²) >= 11 is 0. The van der Waals surface area contributed by atoms with Crippen LogP contribution in [0.4, 0.5) is 17.1 Å². The van der Waals surface area contributed by atoms with Gasteiger partial charge in [0.2, 0.25) is 0 Å². The Bertz CT molecular complexity index is 3000. The van der Waals surface area contributed by atoms with Crippen molar-refractivity contribution < 1.29 is 0 Å². The van der Waals surface area contributed by atoms with Crippen molar-refractivity contribution in [3.63, 3.8) is 0 Å². The maximum Gasteiger partial charge on any atom is 0.0547 e. The molecule has 0 spiro atoms. The van der Waals surface area contributed by atoms with Gasteiger partial charge in [-0.1, -0.05) is 152 Å². The van der Waals surface area contributed by atoms with Crippen molar-refractivity contribution in [3.05, 3.63) is 241 Å². The van der Waals surface area contributed by atoms with Crippen LogP contribution in [0.15, 0.2) is 224 Å². The average Bonchev–Trinajstić information content (AvgIpc) is 3.80. The zero-order valence-electron chi connectivity index (χ0n) is 31.3. The van der Waals surface area contributed by atoms with E-state index in [1.54, 1.807) is 0 Å². The lowest BCUT2D eigenvalue weighted by atomic mass is 9.89. The van der Waals surface area contributed by atoms with Gasteiger partial charge in [-0.15, -0.1) is 0 Å². The van der Waals surface area contributed by atoms with Crippen LogP contribution in [0.1, 0.15) is 22.6 Å². The molecule has 0 bridgehead atoms. The molecule has 1 atom stereocenters. The third-order valence-electron chi connectivity index (χ3n) is 11.7. The maximum atomic E-state index is 2.42. The van der Waals surface area contributed by atoms with Crippen LogP contribution in [0.5, 0.6) is 0 Å². The zero-order valence-corrected chi connectivity index (χ0v) is 31.3. The molecular formula is C55H38N2. The molecule has 268 valence electrons. The predicted molar refractivity (Wildman–Crippen MR) is 239 cm³/mol. The molecule has 11 rings (SSSR count). The zero-order chi connectivity index (χ0) is 37.7. The molecule has 0 fully saturated rings. The molecule has 0 aliphatic heterocycles. The van der Waals surface area contributed by atoms with Gasteiger partial charge < -0.3 is 9.47 Å². The Hall–Kier alpha value is -7.42. The summed E-state index contributed by atoms with van der Waals surface area (Å²) in [6, 6.07) is 81.7. The van der Waals surface area contributed by atoms with E-state index in [9.17, 15) is 0 Å². The largest absolute Gasteiger partial charge is 0.311 e. The predicted octanol–water partition coefficient (Wildman–Crippen LogP) is 14.7. The molecule has 57 heavy (non-hydrogen) atoms. The van der Waals surface area contributed by atoms with Gasteiger partial charge in [-0.25, -0.2) is 0 Å². The van der Waals surface area contributed by atoms with Crippen LogP contribution in [0.2, 0.25) is 0 Å². The van der Waals surface area contributed by atoms with Gasteiger partial charge in [0.1, 0.15) is 0 Å². The summed E-state index contributed by atoms with van der Waals surface area (Å²) in [5.74, 6) is 0.242. The number of fused-ring (bicyclic) bond motifs is 6. The molecule has 0 radical (unpaired) electrons. The van der Waals surface area contributed by atoms with Crippen LogP contribution in [-0.4, -0.2) is 4.57 Å². The first-order chi connectivity index (χ1) is 28.3. The number of hydrogen-bond acceptors (Lipinski definition) is 1. The Labute approximate surface area is 333 Å². The van der Waals surface area contributed by atoms with E-state index < -0.39 is 0 Å². The number of rotatable bonds is 7. The van der Waals surface area contributed by atoms with Crippen molar-refractivity contribution in [1.29, 1.82) is 0 Å². The molecule has 0 saturated heterocycles. The third kappa shape index (κ3) is 5.65. The van der Waals surface area contributed by atoms with Crippen molar-refractivity contribution in [2.45, 2.75) is 5.92 Å². The quantitative estimate of drug-likeness (QED) is 0.159. The van der Waals surface area contributed by atoms with Gasteiger partial charge in [0.15, 0.2) is 0 Å². The second kappa shape index (κ2) is 13.7. The minimum absolute atomic E-state index is 0.242. The highest BCUT2D eigenvalue weighted by molar-refractivity contribution is 6.11. The van der Waals surface area contributed by atoms with Gasteiger partial charge in [-0.2, -0.15) is 0 Å². The van der Waals surface area contributed by atoms with E-state index in [0.29, 0.717) is 0 Å². The van der Waals surface area contributed by atoms with E-state index in [0.717, 1.165) is 22.7 Å². The first kappa shape index (κ1) is 33.0. The van der Waals surface area contributed by atoms with Crippen LogP contribution in [0.25, 0.3) is 60.9 Å². The molecular weight excluding hydrogens is 689 g/mol. The Morgan fingerprint density at radius 3 is 1.58 bits per heavy atom. The molecule has 1 aliphatic rings. The number of aromatic nitrogens is 1. The van der Waals surface area contributed by atoms with E-state index in [4.69, 9.17) is 0 Å². The fraction of sp³-hybridized carbons (Fsp3) is 0.0182. The first-order valence-corrected chi connectivity index (χ1v) is 19.7. The number of para-hydroxylation sites is 3. The Kier molecular flexibility index (Phi) is 7.93. The molecule has 1 heterocycles. The highest BCUT2D eigenvalue weighted by atomic mass is 15.1. The highest BCUT2D eigenvalue weighted by Crippen LogP contribution is 2.49. The van der Waals surface area contributed by atoms with Gasteiger partial charge in [0.25, 0.3) is 0 Å². The van der Waals surface area contributed by atoms with Crippen LogP contribution < -0.4 is 4.90 Å². The van der Waals surface area contributed by atoms with Gasteiger partial charge in [0.05, 0.1) is 11.0 Å². The van der Waals surface area contributed by atoms with E-state index in [1.807, 2.05) is 0 Å². The number of anilines is 3. The summed E-state index contributed by atoms with van der Waals surface area (Å²) in [6.07, 6.45) is 0. The van der Waals surface area contributed by atoms with E-state index in [2.05, 4.69) is 234 Å². The van der Waals surface area contributed by atoms with Crippen molar-refractivity contribution in [2.24, 2.45) is 0 Å². The Morgan fingerprint density at radius 2 is 0.860 bits per heavy atom. The van der Waals surface area contributed by atoms with Crippen LogP contribution >= 0.6 is 0 Å². The molecule has 0 amide bonds. The summed E-state index contributed by atoms with van der Waals surface area (Å²) < 4.78 is 2.42. The van der Waals surface area contributed by atoms with Gasteiger partial charge in [-0.3, -0.25) is 0 Å². The summed E-state index contributed by atoms with van der Waals surface area (Å²) in [4.78, 5) is 2.30. The molecule has 2 nitrogen and oxygen atoms in total. The summed E-state index contributed by atoms with van der Waals surface area (Å²) in [6.45, 7) is 0. The summed E-state index contributed by atoms with van der Waals surface area (Å²) in [5, 5.41) is 2.48. The van der Waals surface area contributed by atoms with Gasteiger partial charge >= 0.3 is 0 Å². The summed E-state index contributed by atoms with van der Waals surface area (Å²) in [5.41, 5.74) is 18.5.